The maximum Gasteiger partial charge on any atom is 0.464 e. The second kappa shape index (κ2) is 8.39. The number of hydrogen-bond donors (Lipinski definition) is 1. The van der Waals surface area contributed by atoms with Gasteiger partial charge in [-0.25, -0.2) is 0 Å². The third-order valence-corrected chi connectivity index (χ3v) is 3.96. The van der Waals surface area contributed by atoms with Crippen molar-refractivity contribution < 1.29 is 39.7 Å². The zero-order valence-corrected chi connectivity index (χ0v) is 13.2. The summed E-state index contributed by atoms with van der Waals surface area (Å²) in [5, 5.41) is 3.38. The maximum absolute atomic E-state index is 13.3. The van der Waals surface area contributed by atoms with Gasteiger partial charge in [-0.2, -0.15) is 26.0 Å². The number of alkyl halides is 4. The summed E-state index contributed by atoms with van der Waals surface area (Å²) in [4.78, 5) is 0. The smallest absolute Gasteiger partial charge is 0.393 e. The lowest BCUT2D eigenvalue weighted by Crippen LogP contribution is -2.49. The van der Waals surface area contributed by atoms with Crippen molar-refractivity contribution in [2.75, 3.05) is 0 Å². The van der Waals surface area contributed by atoms with Crippen LogP contribution in [0, 0.1) is 0 Å². The van der Waals surface area contributed by atoms with E-state index in [4.69, 9.17) is 0 Å². The molecule has 0 heterocycles. The normalized spacial score (nSPS) is 16.5. The third-order valence-electron chi connectivity index (χ3n) is 3.11. The van der Waals surface area contributed by atoms with Crippen LogP contribution in [0.5, 0.6) is 0 Å². The Balaban J connectivity index is 4.85. The van der Waals surface area contributed by atoms with Gasteiger partial charge in [-0.15, -0.1) is 0 Å². The number of halogens is 5. The fraction of sp³-hybridized carbons (Fsp3) is 1.00. The third kappa shape index (κ3) is 5.96. The van der Waals surface area contributed by atoms with Gasteiger partial charge in [0.05, 0.1) is 12.2 Å². The van der Waals surface area contributed by atoms with E-state index in [9.17, 15) is 35.0 Å². The highest BCUT2D eigenvalue weighted by Gasteiger charge is 2.69. The van der Waals surface area contributed by atoms with E-state index < -0.39 is 33.8 Å². The molecule has 0 aliphatic heterocycles. The minimum atomic E-state index is -6.81. The SMILES string of the molecule is CCCC(CCCC(O)CC)OC(F)(F)C(F)(F)S(=O)(=O)F. The molecule has 0 aliphatic rings. The van der Waals surface area contributed by atoms with E-state index in [-0.39, 0.29) is 25.7 Å². The quantitative estimate of drug-likeness (QED) is 0.454. The molecule has 0 aromatic rings. The van der Waals surface area contributed by atoms with Crippen LogP contribution in [0.15, 0.2) is 0 Å². The van der Waals surface area contributed by atoms with Gasteiger partial charge < -0.3 is 9.84 Å². The van der Waals surface area contributed by atoms with Crippen LogP contribution in [-0.4, -0.2) is 37.1 Å². The van der Waals surface area contributed by atoms with Gasteiger partial charge in [-0.3, -0.25) is 0 Å². The molecule has 0 radical (unpaired) electrons. The maximum atomic E-state index is 13.3. The molecule has 0 spiro atoms. The summed E-state index contributed by atoms with van der Waals surface area (Å²) in [6, 6.07) is 0. The molecule has 4 nitrogen and oxygen atoms in total. The van der Waals surface area contributed by atoms with Gasteiger partial charge in [0.25, 0.3) is 0 Å². The fourth-order valence-electron chi connectivity index (χ4n) is 1.79. The molecule has 0 aromatic carbocycles. The lowest BCUT2D eigenvalue weighted by atomic mass is 10.0. The molecule has 2 atom stereocenters. The Hall–Kier alpha value is -0.480. The first-order valence-corrected chi connectivity index (χ1v) is 8.33. The first-order valence-electron chi connectivity index (χ1n) is 6.94. The predicted octanol–water partition coefficient (Wildman–Crippen LogP) is 3.60. The minimum Gasteiger partial charge on any atom is -0.393 e. The lowest BCUT2D eigenvalue weighted by molar-refractivity contribution is -0.335. The Labute approximate surface area is 126 Å². The summed E-state index contributed by atoms with van der Waals surface area (Å²) in [5.74, 6) is 0. The molecule has 1 N–H and O–H groups in total. The average molecular weight is 356 g/mol. The van der Waals surface area contributed by atoms with E-state index in [0.29, 0.717) is 12.8 Å². The second-order valence-electron chi connectivity index (χ2n) is 4.99. The molecule has 0 saturated carbocycles. The monoisotopic (exact) mass is 356 g/mol. The van der Waals surface area contributed by atoms with Crippen LogP contribution in [0.4, 0.5) is 21.4 Å². The number of aliphatic hydroxyl groups is 1. The number of aliphatic hydroxyl groups excluding tert-OH is 1. The summed E-state index contributed by atoms with van der Waals surface area (Å²) in [7, 11) is -6.81. The Kier molecular flexibility index (Phi) is 8.21. The molecule has 10 heteroatoms. The van der Waals surface area contributed by atoms with E-state index in [0.717, 1.165) is 0 Å². The van der Waals surface area contributed by atoms with Gasteiger partial charge in [-0.05, 0) is 32.1 Å². The van der Waals surface area contributed by atoms with Crippen LogP contribution >= 0.6 is 0 Å². The molecule has 0 amide bonds. The summed E-state index contributed by atoms with van der Waals surface area (Å²) < 4.78 is 89.0. The van der Waals surface area contributed by atoms with Gasteiger partial charge in [0.2, 0.25) is 0 Å². The number of hydrogen-bond acceptors (Lipinski definition) is 4. The molecular weight excluding hydrogens is 335 g/mol. The summed E-state index contributed by atoms with van der Waals surface area (Å²) >= 11 is 0. The number of ether oxygens (including phenoxy) is 1. The van der Waals surface area contributed by atoms with E-state index in [1.807, 2.05) is 0 Å². The predicted molar refractivity (Wildman–Crippen MR) is 69.9 cm³/mol. The van der Waals surface area contributed by atoms with Crippen molar-refractivity contribution in [3.8, 4) is 0 Å². The molecule has 0 aromatic heterocycles. The zero-order chi connectivity index (χ0) is 17.6. The van der Waals surface area contributed by atoms with Gasteiger partial charge in [0, 0.05) is 0 Å². The van der Waals surface area contributed by atoms with Crippen molar-refractivity contribution >= 4 is 10.2 Å². The largest absolute Gasteiger partial charge is 0.464 e. The average Bonchev–Trinajstić information content (AvgIpc) is 2.36. The topological polar surface area (TPSA) is 63.6 Å². The van der Waals surface area contributed by atoms with Crippen LogP contribution < -0.4 is 0 Å². The highest BCUT2D eigenvalue weighted by atomic mass is 32.3. The van der Waals surface area contributed by atoms with Crippen LogP contribution in [-0.2, 0) is 15.0 Å². The van der Waals surface area contributed by atoms with Crippen LogP contribution in [0.25, 0.3) is 0 Å². The van der Waals surface area contributed by atoms with Crippen molar-refractivity contribution in [3.63, 3.8) is 0 Å². The lowest BCUT2D eigenvalue weighted by Gasteiger charge is -2.27. The molecule has 0 saturated heterocycles. The fourth-order valence-corrected chi connectivity index (χ4v) is 2.12. The van der Waals surface area contributed by atoms with Crippen molar-refractivity contribution in [1.82, 2.24) is 0 Å². The summed E-state index contributed by atoms with van der Waals surface area (Å²) in [6.07, 6.45) is -6.31. The van der Waals surface area contributed by atoms with Crippen molar-refractivity contribution in [1.29, 1.82) is 0 Å². The van der Waals surface area contributed by atoms with Crippen LogP contribution in [0.3, 0.4) is 0 Å². The van der Waals surface area contributed by atoms with Crippen molar-refractivity contribution in [3.05, 3.63) is 0 Å². The van der Waals surface area contributed by atoms with E-state index in [1.165, 1.54) is 0 Å². The van der Waals surface area contributed by atoms with Crippen molar-refractivity contribution in [2.45, 2.75) is 75.9 Å². The van der Waals surface area contributed by atoms with Gasteiger partial charge in [-0.1, -0.05) is 24.2 Å². The van der Waals surface area contributed by atoms with Gasteiger partial charge in [0.15, 0.2) is 0 Å². The van der Waals surface area contributed by atoms with Gasteiger partial charge in [0.1, 0.15) is 0 Å². The van der Waals surface area contributed by atoms with Crippen LogP contribution in [0.2, 0.25) is 0 Å². The highest BCUT2D eigenvalue weighted by Crippen LogP contribution is 2.42. The van der Waals surface area contributed by atoms with Crippen LogP contribution in [0.1, 0.15) is 52.4 Å². The Bertz CT molecular complexity index is 427. The molecular formula is C12H21F5O4S. The first kappa shape index (κ1) is 21.5. The minimum absolute atomic E-state index is 0.0276. The number of rotatable bonds is 11. The Morgan fingerprint density at radius 1 is 1.09 bits per heavy atom. The standard InChI is InChI=1S/C12H21F5O4S/c1-3-6-10(8-5-7-9(18)4-2)21-11(13,14)12(15,16)22(17,19)20/h9-10,18H,3-8H2,1-2H3. The molecule has 2 unspecified atom stereocenters. The zero-order valence-electron chi connectivity index (χ0n) is 12.4. The molecule has 0 fully saturated rings. The highest BCUT2D eigenvalue weighted by molar-refractivity contribution is 7.87. The molecule has 0 aliphatic carbocycles. The van der Waals surface area contributed by atoms with E-state index in [1.54, 1.807) is 13.8 Å². The Morgan fingerprint density at radius 2 is 1.64 bits per heavy atom. The molecule has 0 bridgehead atoms. The van der Waals surface area contributed by atoms with E-state index >= 15 is 0 Å². The van der Waals surface area contributed by atoms with E-state index in [2.05, 4.69) is 4.74 Å². The first-order chi connectivity index (χ1) is 9.89. The summed E-state index contributed by atoms with van der Waals surface area (Å²) in [6.45, 7) is 3.31. The second-order valence-corrected chi connectivity index (χ2v) is 6.38. The molecule has 134 valence electrons. The Morgan fingerprint density at radius 3 is 2.05 bits per heavy atom. The van der Waals surface area contributed by atoms with Gasteiger partial charge >= 0.3 is 21.6 Å². The molecule has 0 rings (SSSR count). The van der Waals surface area contributed by atoms with Crippen molar-refractivity contribution in [2.24, 2.45) is 0 Å². The summed E-state index contributed by atoms with van der Waals surface area (Å²) in [5.41, 5.74) is 0. The molecule has 22 heavy (non-hydrogen) atoms.